The Bertz CT molecular complexity index is 801. The summed E-state index contributed by atoms with van der Waals surface area (Å²) in [6.45, 7) is 1.96. The first kappa shape index (κ1) is 20.0. The minimum absolute atomic E-state index is 0.0179. The lowest BCUT2D eigenvalue weighted by atomic mass is 10.1. The summed E-state index contributed by atoms with van der Waals surface area (Å²) >= 11 is 0. The van der Waals surface area contributed by atoms with Crippen molar-refractivity contribution in [2.75, 3.05) is 13.7 Å². The van der Waals surface area contributed by atoms with Crippen LogP contribution >= 0.6 is 0 Å². The molecule has 0 aliphatic rings. The van der Waals surface area contributed by atoms with Gasteiger partial charge < -0.3 is 19.9 Å². The maximum Gasteiger partial charge on any atom is 0.328 e. The topological polar surface area (TPSA) is 84.9 Å². The second-order valence-electron chi connectivity index (χ2n) is 5.77. The van der Waals surface area contributed by atoms with E-state index in [1.165, 1.54) is 19.3 Å². The van der Waals surface area contributed by atoms with Crippen LogP contribution in [-0.4, -0.2) is 36.7 Å². The molecule has 0 radical (unpaired) electrons. The highest BCUT2D eigenvalue weighted by Crippen LogP contribution is 2.26. The van der Waals surface area contributed by atoms with E-state index in [2.05, 4.69) is 5.32 Å². The molecule has 27 heavy (non-hydrogen) atoms. The Labute approximate surface area is 158 Å². The van der Waals surface area contributed by atoms with Crippen molar-refractivity contribution in [3.8, 4) is 11.5 Å². The normalized spacial score (nSPS) is 11.8. The van der Waals surface area contributed by atoms with Crippen molar-refractivity contribution in [2.24, 2.45) is 0 Å². The molecule has 0 bridgehead atoms. The van der Waals surface area contributed by atoms with Crippen LogP contribution in [0.4, 0.5) is 0 Å². The molecule has 0 spiro atoms. The smallest absolute Gasteiger partial charge is 0.328 e. The van der Waals surface area contributed by atoms with Gasteiger partial charge >= 0.3 is 5.97 Å². The maximum absolute atomic E-state index is 12.3. The summed E-state index contributed by atoms with van der Waals surface area (Å²) in [5, 5.41) is 12.3. The van der Waals surface area contributed by atoms with Crippen LogP contribution in [0.15, 0.2) is 54.6 Å². The van der Waals surface area contributed by atoms with Gasteiger partial charge in [0.15, 0.2) is 11.5 Å². The molecular formula is C21H23NO5. The molecule has 0 aromatic heterocycles. The molecule has 0 aliphatic carbocycles. The maximum atomic E-state index is 12.3. The highest BCUT2D eigenvalue weighted by molar-refractivity contribution is 5.94. The number of carbonyl (C=O) groups is 2. The van der Waals surface area contributed by atoms with E-state index in [4.69, 9.17) is 9.47 Å². The van der Waals surface area contributed by atoms with E-state index in [0.717, 1.165) is 5.56 Å². The first-order chi connectivity index (χ1) is 13.0. The van der Waals surface area contributed by atoms with Crippen LogP contribution in [-0.2, 0) is 20.7 Å². The molecule has 0 aliphatic heterocycles. The lowest BCUT2D eigenvalue weighted by Crippen LogP contribution is -2.42. The Balaban J connectivity index is 2.07. The van der Waals surface area contributed by atoms with E-state index in [-0.39, 0.29) is 12.4 Å². The number of nitrogens with one attached hydrogen (secondary N) is 1. The number of rotatable bonds is 8. The predicted octanol–water partition coefficient (Wildman–Crippen LogP) is 2.70. The number of phenolic OH excluding ortho intramolecular Hbond substituents is 1. The summed E-state index contributed by atoms with van der Waals surface area (Å²) < 4.78 is 10.1. The van der Waals surface area contributed by atoms with E-state index in [0.29, 0.717) is 17.7 Å². The van der Waals surface area contributed by atoms with Crippen molar-refractivity contribution < 1.29 is 24.2 Å². The molecular weight excluding hydrogens is 346 g/mol. The van der Waals surface area contributed by atoms with Gasteiger partial charge in [-0.2, -0.15) is 0 Å². The third-order valence-electron chi connectivity index (χ3n) is 3.80. The molecule has 0 heterocycles. The quantitative estimate of drug-likeness (QED) is 0.552. The SMILES string of the molecule is CCOC(=O)[C@H](Cc1ccccc1)NC(=O)C=Cc1ccc(O)c(OC)c1. The van der Waals surface area contributed by atoms with E-state index in [1.807, 2.05) is 30.3 Å². The number of benzene rings is 2. The van der Waals surface area contributed by atoms with Crippen molar-refractivity contribution in [1.29, 1.82) is 0 Å². The fourth-order valence-electron chi connectivity index (χ4n) is 2.48. The van der Waals surface area contributed by atoms with E-state index < -0.39 is 17.9 Å². The molecule has 6 nitrogen and oxygen atoms in total. The second kappa shape index (κ2) is 10.0. The van der Waals surface area contributed by atoms with Gasteiger partial charge in [0, 0.05) is 12.5 Å². The molecule has 1 atom stereocenters. The van der Waals surface area contributed by atoms with Crippen molar-refractivity contribution in [2.45, 2.75) is 19.4 Å². The largest absolute Gasteiger partial charge is 0.504 e. The molecule has 2 N–H and O–H groups in total. The van der Waals surface area contributed by atoms with Gasteiger partial charge in [0.05, 0.1) is 13.7 Å². The number of aromatic hydroxyl groups is 1. The standard InChI is InChI=1S/C21H23NO5/c1-3-27-21(25)17(13-15-7-5-4-6-8-15)22-20(24)12-10-16-9-11-18(23)19(14-16)26-2/h4-12,14,17,23H,3,13H2,1-2H3,(H,22,24)/t17-/m0/s1. The molecule has 2 rings (SSSR count). The van der Waals surface area contributed by atoms with Crippen LogP contribution in [0.3, 0.4) is 0 Å². The van der Waals surface area contributed by atoms with Gasteiger partial charge in [-0.05, 0) is 36.3 Å². The Morgan fingerprint density at radius 2 is 1.93 bits per heavy atom. The van der Waals surface area contributed by atoms with Crippen molar-refractivity contribution in [1.82, 2.24) is 5.32 Å². The molecule has 0 saturated heterocycles. The Morgan fingerprint density at radius 1 is 1.19 bits per heavy atom. The Kier molecular flexibility index (Phi) is 7.43. The zero-order valence-corrected chi connectivity index (χ0v) is 15.3. The lowest BCUT2D eigenvalue weighted by molar-refractivity contribution is -0.146. The average Bonchev–Trinajstić information content (AvgIpc) is 2.68. The third-order valence-corrected chi connectivity index (χ3v) is 3.80. The highest BCUT2D eigenvalue weighted by atomic mass is 16.5. The average molecular weight is 369 g/mol. The highest BCUT2D eigenvalue weighted by Gasteiger charge is 2.21. The first-order valence-corrected chi connectivity index (χ1v) is 8.59. The van der Waals surface area contributed by atoms with Crippen LogP contribution in [0.1, 0.15) is 18.1 Å². The fourth-order valence-corrected chi connectivity index (χ4v) is 2.48. The molecule has 0 fully saturated rings. The minimum Gasteiger partial charge on any atom is -0.504 e. The summed E-state index contributed by atoms with van der Waals surface area (Å²) in [7, 11) is 1.45. The molecule has 2 aromatic rings. The third kappa shape index (κ3) is 6.18. The van der Waals surface area contributed by atoms with Crippen molar-refractivity contribution in [3.63, 3.8) is 0 Å². The number of amides is 1. The summed E-state index contributed by atoms with van der Waals surface area (Å²) in [4.78, 5) is 24.4. The number of ether oxygens (including phenoxy) is 2. The van der Waals surface area contributed by atoms with Crippen LogP contribution in [0.5, 0.6) is 11.5 Å². The molecule has 6 heteroatoms. The predicted molar refractivity (Wildman–Crippen MR) is 102 cm³/mol. The lowest BCUT2D eigenvalue weighted by Gasteiger charge is -2.16. The van der Waals surface area contributed by atoms with Crippen LogP contribution in [0.25, 0.3) is 6.08 Å². The van der Waals surface area contributed by atoms with Gasteiger partial charge in [-0.3, -0.25) is 4.79 Å². The number of phenols is 1. The first-order valence-electron chi connectivity index (χ1n) is 8.59. The van der Waals surface area contributed by atoms with Crippen molar-refractivity contribution >= 4 is 18.0 Å². The van der Waals surface area contributed by atoms with Crippen LogP contribution < -0.4 is 10.1 Å². The summed E-state index contributed by atoms with van der Waals surface area (Å²) in [6.07, 6.45) is 3.23. The zero-order chi connectivity index (χ0) is 19.6. The number of methoxy groups -OCH3 is 1. The summed E-state index contributed by atoms with van der Waals surface area (Å²) in [5.41, 5.74) is 1.60. The summed E-state index contributed by atoms with van der Waals surface area (Å²) in [5.74, 6) is -0.569. The van der Waals surface area contributed by atoms with Crippen LogP contribution in [0.2, 0.25) is 0 Å². The number of hydrogen-bond acceptors (Lipinski definition) is 5. The van der Waals surface area contributed by atoms with E-state index in [1.54, 1.807) is 25.1 Å². The van der Waals surface area contributed by atoms with Gasteiger partial charge in [-0.15, -0.1) is 0 Å². The number of carbonyl (C=O) groups excluding carboxylic acids is 2. The zero-order valence-electron chi connectivity index (χ0n) is 15.3. The van der Waals surface area contributed by atoms with E-state index >= 15 is 0 Å². The van der Waals surface area contributed by atoms with Crippen molar-refractivity contribution in [3.05, 3.63) is 65.7 Å². The number of esters is 1. The monoisotopic (exact) mass is 369 g/mol. The summed E-state index contributed by atoms with van der Waals surface area (Å²) in [6, 6.07) is 13.4. The van der Waals surface area contributed by atoms with Gasteiger partial charge in [0.25, 0.3) is 0 Å². The fraction of sp³-hybridized carbons (Fsp3) is 0.238. The molecule has 2 aromatic carbocycles. The van der Waals surface area contributed by atoms with Gasteiger partial charge in [-0.25, -0.2) is 4.79 Å². The van der Waals surface area contributed by atoms with Gasteiger partial charge in [-0.1, -0.05) is 36.4 Å². The number of hydrogen-bond donors (Lipinski definition) is 2. The second-order valence-corrected chi connectivity index (χ2v) is 5.77. The van der Waals surface area contributed by atoms with Gasteiger partial charge in [0.2, 0.25) is 5.91 Å². The molecule has 0 saturated carbocycles. The Morgan fingerprint density at radius 3 is 2.59 bits per heavy atom. The Hall–Kier alpha value is -3.28. The molecule has 1 amide bonds. The van der Waals surface area contributed by atoms with E-state index in [9.17, 15) is 14.7 Å². The molecule has 142 valence electrons. The minimum atomic E-state index is -0.779. The molecule has 0 unspecified atom stereocenters. The van der Waals surface area contributed by atoms with Crippen LogP contribution in [0, 0.1) is 0 Å². The van der Waals surface area contributed by atoms with Gasteiger partial charge in [0.1, 0.15) is 6.04 Å².